The van der Waals surface area contributed by atoms with E-state index in [0.29, 0.717) is 10.8 Å². The molecule has 2 aromatic heterocycles. The summed E-state index contributed by atoms with van der Waals surface area (Å²) >= 11 is 8.04. The molecule has 1 aliphatic rings. The Morgan fingerprint density at radius 3 is 2.57 bits per heavy atom. The van der Waals surface area contributed by atoms with Crippen molar-refractivity contribution in [1.82, 2.24) is 25.1 Å². The lowest BCUT2D eigenvalue weighted by Gasteiger charge is -2.37. The number of thiazole rings is 1. The summed E-state index contributed by atoms with van der Waals surface area (Å²) < 4.78 is 2.02. The summed E-state index contributed by atoms with van der Waals surface area (Å²) in [6.45, 7) is 0. The number of aromatic nitrogens is 4. The summed E-state index contributed by atoms with van der Waals surface area (Å²) in [6, 6.07) is 17.6. The minimum Gasteiger partial charge on any atom is -0.374 e. The smallest absolute Gasteiger partial charge is 0.197 e. The molecule has 1 atom stereocenters. The Balaban J connectivity index is 1.39. The van der Waals surface area contributed by atoms with Crippen LogP contribution in [0.3, 0.4) is 0 Å². The van der Waals surface area contributed by atoms with E-state index in [0.717, 1.165) is 34.9 Å². The highest BCUT2D eigenvalue weighted by Gasteiger charge is 2.36. The van der Waals surface area contributed by atoms with Crippen LogP contribution in [0.5, 0.6) is 0 Å². The molecule has 0 spiro atoms. The predicted octanol–water partition coefficient (Wildman–Crippen LogP) is 4.57. The van der Waals surface area contributed by atoms with Gasteiger partial charge < -0.3 is 5.11 Å². The Labute approximate surface area is 183 Å². The molecule has 2 heterocycles. The second-order valence-electron chi connectivity index (χ2n) is 7.35. The third-order valence-corrected chi connectivity index (χ3v) is 6.51. The molecule has 0 radical (unpaired) electrons. The highest BCUT2D eigenvalue weighted by molar-refractivity contribution is 7.13. The van der Waals surface area contributed by atoms with Crippen molar-refractivity contribution in [3.8, 4) is 16.5 Å². The summed E-state index contributed by atoms with van der Waals surface area (Å²) in [5, 5.41) is 26.1. The second-order valence-corrected chi connectivity index (χ2v) is 8.65. The molecule has 2 aromatic carbocycles. The number of aliphatic hydroxyl groups excluding tert-OH is 1. The molecule has 4 aromatic rings. The van der Waals surface area contributed by atoms with Gasteiger partial charge in [0.05, 0.1) is 10.7 Å². The number of aliphatic hydroxyl groups is 1. The van der Waals surface area contributed by atoms with Crippen molar-refractivity contribution < 1.29 is 5.11 Å². The Hall–Kier alpha value is -2.58. The minimum absolute atomic E-state index is 0.213. The molecule has 8 heteroatoms. The van der Waals surface area contributed by atoms with Gasteiger partial charge in [0.2, 0.25) is 0 Å². The van der Waals surface area contributed by atoms with Crippen LogP contribution in [0, 0.1) is 0 Å². The third kappa shape index (κ3) is 3.65. The maximum atomic E-state index is 10.4. The fraction of sp³-hybridized carbons (Fsp3) is 0.227. The van der Waals surface area contributed by atoms with E-state index in [1.165, 1.54) is 11.3 Å². The van der Waals surface area contributed by atoms with Crippen molar-refractivity contribution in [1.29, 1.82) is 0 Å². The Morgan fingerprint density at radius 1 is 1.07 bits per heavy atom. The lowest BCUT2D eigenvalue weighted by Crippen LogP contribution is -2.42. The van der Waals surface area contributed by atoms with Gasteiger partial charge in [-0.1, -0.05) is 54.1 Å². The van der Waals surface area contributed by atoms with Crippen molar-refractivity contribution in [2.75, 3.05) is 0 Å². The van der Waals surface area contributed by atoms with Gasteiger partial charge in [0.1, 0.15) is 12.1 Å². The van der Waals surface area contributed by atoms with Gasteiger partial charge in [-0.25, -0.2) is 4.98 Å². The molecule has 0 amide bonds. The van der Waals surface area contributed by atoms with Gasteiger partial charge in [-0.2, -0.15) is 0 Å². The number of nitrogens with zero attached hydrogens (tertiary/aromatic N) is 4. The van der Waals surface area contributed by atoms with Crippen LogP contribution in [0.25, 0.3) is 16.5 Å². The van der Waals surface area contributed by atoms with Crippen molar-refractivity contribution in [3.05, 3.63) is 82.6 Å². The van der Waals surface area contributed by atoms with Crippen molar-refractivity contribution in [2.24, 2.45) is 0 Å². The van der Waals surface area contributed by atoms with Gasteiger partial charge in [-0.15, -0.1) is 21.5 Å². The SMILES string of the molecule is OC(NC1CC(c2nnc(-c3nccs3)n2-c2ccccc2Cl)C1)c1ccccc1. The van der Waals surface area contributed by atoms with Crippen molar-refractivity contribution in [3.63, 3.8) is 0 Å². The summed E-state index contributed by atoms with van der Waals surface area (Å²) in [4.78, 5) is 4.41. The van der Waals surface area contributed by atoms with Gasteiger partial charge in [-0.3, -0.25) is 9.88 Å². The first kappa shape index (κ1) is 19.4. The van der Waals surface area contributed by atoms with Gasteiger partial charge in [0.25, 0.3) is 0 Å². The summed E-state index contributed by atoms with van der Waals surface area (Å²) in [6.07, 6.45) is 2.82. The number of rotatable bonds is 6. The summed E-state index contributed by atoms with van der Waals surface area (Å²) in [5.41, 5.74) is 1.72. The molecule has 1 unspecified atom stereocenters. The number of halogens is 1. The molecule has 0 aliphatic heterocycles. The molecule has 0 bridgehead atoms. The van der Waals surface area contributed by atoms with E-state index in [4.69, 9.17) is 11.6 Å². The first-order chi connectivity index (χ1) is 14.7. The average molecular weight is 438 g/mol. The van der Waals surface area contributed by atoms with Crippen molar-refractivity contribution >= 4 is 22.9 Å². The van der Waals surface area contributed by atoms with E-state index < -0.39 is 6.23 Å². The molecule has 1 fully saturated rings. The molecular formula is C22H20ClN5OS. The standard InChI is InChI=1S/C22H20ClN5OS/c23-17-8-4-5-9-18(17)28-19(26-27-20(28)22-24-10-11-30-22)15-12-16(13-15)25-21(29)14-6-2-1-3-7-14/h1-11,15-16,21,25,29H,12-13H2. The maximum Gasteiger partial charge on any atom is 0.197 e. The number of nitrogens with one attached hydrogen (secondary N) is 1. The number of hydrogen-bond donors (Lipinski definition) is 2. The first-order valence-corrected chi connectivity index (χ1v) is 11.1. The molecule has 5 rings (SSSR count). The average Bonchev–Trinajstić information content (AvgIpc) is 3.41. The van der Waals surface area contributed by atoms with Crippen LogP contribution in [0.15, 0.2) is 66.2 Å². The summed E-state index contributed by atoms with van der Waals surface area (Å²) in [5.74, 6) is 1.80. The Kier molecular flexibility index (Phi) is 5.35. The Bertz CT molecular complexity index is 1130. The van der Waals surface area contributed by atoms with Crippen LogP contribution < -0.4 is 5.32 Å². The first-order valence-electron chi connectivity index (χ1n) is 9.80. The fourth-order valence-corrected chi connectivity index (χ4v) is 4.65. The molecule has 2 N–H and O–H groups in total. The zero-order chi connectivity index (χ0) is 20.5. The number of benzene rings is 2. The maximum absolute atomic E-state index is 10.4. The summed E-state index contributed by atoms with van der Waals surface area (Å²) in [7, 11) is 0. The van der Waals surface area contributed by atoms with Gasteiger partial charge in [-0.05, 0) is 30.5 Å². The predicted molar refractivity (Wildman–Crippen MR) is 118 cm³/mol. The second kappa shape index (κ2) is 8.28. The van der Waals surface area contributed by atoms with Crippen LogP contribution >= 0.6 is 22.9 Å². The van der Waals surface area contributed by atoms with Crippen molar-refractivity contribution in [2.45, 2.75) is 31.0 Å². The monoisotopic (exact) mass is 437 g/mol. The zero-order valence-corrected chi connectivity index (χ0v) is 17.6. The van der Waals surface area contributed by atoms with E-state index in [1.807, 2.05) is 64.5 Å². The van der Waals surface area contributed by atoms with E-state index in [2.05, 4.69) is 20.5 Å². The van der Waals surface area contributed by atoms with Gasteiger partial charge >= 0.3 is 0 Å². The normalized spacial score (nSPS) is 19.4. The molecule has 6 nitrogen and oxygen atoms in total. The zero-order valence-electron chi connectivity index (χ0n) is 16.0. The lowest BCUT2D eigenvalue weighted by molar-refractivity contribution is 0.0966. The molecular weight excluding hydrogens is 418 g/mol. The van der Waals surface area contributed by atoms with E-state index in [1.54, 1.807) is 6.20 Å². The number of hydrogen-bond acceptors (Lipinski definition) is 6. The van der Waals surface area contributed by atoms with Crippen LogP contribution in [0.1, 0.15) is 36.4 Å². The van der Waals surface area contributed by atoms with Crippen LogP contribution in [0.2, 0.25) is 5.02 Å². The van der Waals surface area contributed by atoms with Crippen LogP contribution in [-0.2, 0) is 0 Å². The van der Waals surface area contributed by atoms with Crippen LogP contribution in [-0.4, -0.2) is 30.9 Å². The van der Waals surface area contributed by atoms with E-state index >= 15 is 0 Å². The highest BCUT2D eigenvalue weighted by Crippen LogP contribution is 2.40. The molecule has 152 valence electrons. The van der Waals surface area contributed by atoms with E-state index in [9.17, 15) is 5.11 Å². The third-order valence-electron chi connectivity index (χ3n) is 5.42. The minimum atomic E-state index is -0.676. The quantitative estimate of drug-likeness (QED) is 0.432. The lowest BCUT2D eigenvalue weighted by atomic mass is 9.79. The molecule has 0 saturated heterocycles. The Morgan fingerprint density at radius 2 is 1.83 bits per heavy atom. The van der Waals surface area contributed by atoms with Gasteiger partial charge in [0.15, 0.2) is 10.8 Å². The van der Waals surface area contributed by atoms with E-state index in [-0.39, 0.29) is 12.0 Å². The molecule has 1 saturated carbocycles. The topological polar surface area (TPSA) is 75.9 Å². The van der Waals surface area contributed by atoms with Gasteiger partial charge in [0, 0.05) is 23.5 Å². The van der Waals surface area contributed by atoms with Crippen LogP contribution in [0.4, 0.5) is 0 Å². The highest BCUT2D eigenvalue weighted by atomic mass is 35.5. The largest absolute Gasteiger partial charge is 0.374 e. The fourth-order valence-electron chi connectivity index (χ4n) is 3.82. The molecule has 30 heavy (non-hydrogen) atoms. The number of para-hydroxylation sites is 1. The molecule has 1 aliphatic carbocycles.